The van der Waals surface area contributed by atoms with Crippen molar-refractivity contribution in [2.45, 2.75) is 56.5 Å². The van der Waals surface area contributed by atoms with Gasteiger partial charge in [-0.05, 0) is 37.1 Å². The van der Waals surface area contributed by atoms with E-state index in [4.69, 9.17) is 33.7 Å². The van der Waals surface area contributed by atoms with Gasteiger partial charge in [0.05, 0.1) is 37.4 Å². The first-order chi connectivity index (χ1) is 17.7. The maximum atomic E-state index is 10.6. The Morgan fingerprint density at radius 1 is 1.11 bits per heavy atom. The van der Waals surface area contributed by atoms with Crippen molar-refractivity contribution in [3.05, 3.63) is 54.2 Å². The van der Waals surface area contributed by atoms with E-state index in [0.29, 0.717) is 13.2 Å². The number of hydrogen-bond donors (Lipinski definition) is 2. The first-order valence-electron chi connectivity index (χ1n) is 11.2. The van der Waals surface area contributed by atoms with E-state index >= 15 is 0 Å². The smallest absolute Gasteiger partial charge is 0.475 e. The molecule has 0 bridgehead atoms. The molecule has 2 fully saturated rings. The molecule has 0 unspecified atom stereocenters. The summed E-state index contributed by atoms with van der Waals surface area (Å²) in [5.74, 6) is -5.51. The van der Waals surface area contributed by atoms with Crippen LogP contribution in [0.25, 0.3) is 0 Å². The minimum atomic E-state index is -5.08. The van der Waals surface area contributed by atoms with Gasteiger partial charge in [-0.15, -0.1) is 0 Å². The van der Waals surface area contributed by atoms with Crippen LogP contribution in [-0.4, -0.2) is 75.8 Å². The fourth-order valence-corrected chi connectivity index (χ4v) is 3.86. The highest BCUT2D eigenvalue weighted by Gasteiger charge is 2.44. The van der Waals surface area contributed by atoms with Crippen molar-refractivity contribution in [3.63, 3.8) is 0 Å². The SMILES string of the molecule is O=C(O)C(F)(F)F.O=C(O)C(F)(F)F.c1cncc(CO[C@@H]2CO[C@@]3(CCCN(Cc4ccoc4)C3)C2)c1. The van der Waals surface area contributed by atoms with Crippen molar-refractivity contribution in [2.24, 2.45) is 0 Å². The number of halogens is 6. The summed E-state index contributed by atoms with van der Waals surface area (Å²) in [4.78, 5) is 24.4. The van der Waals surface area contributed by atoms with E-state index in [9.17, 15) is 26.3 Å². The van der Waals surface area contributed by atoms with Gasteiger partial charge in [0, 0.05) is 37.5 Å². The molecule has 1 spiro atoms. The van der Waals surface area contributed by atoms with Crippen LogP contribution < -0.4 is 0 Å². The summed E-state index contributed by atoms with van der Waals surface area (Å²) in [6.45, 7) is 4.34. The number of rotatable bonds is 5. The minimum Gasteiger partial charge on any atom is -0.475 e. The molecule has 0 amide bonds. The van der Waals surface area contributed by atoms with Crippen LogP contribution in [0.4, 0.5) is 26.3 Å². The van der Waals surface area contributed by atoms with E-state index < -0.39 is 24.3 Å². The maximum absolute atomic E-state index is 10.6. The lowest BCUT2D eigenvalue weighted by Gasteiger charge is -2.39. The molecule has 0 aliphatic carbocycles. The molecule has 15 heteroatoms. The summed E-state index contributed by atoms with van der Waals surface area (Å²) in [6.07, 6.45) is 0.510. The maximum Gasteiger partial charge on any atom is 0.490 e. The lowest BCUT2D eigenvalue weighted by atomic mass is 9.89. The van der Waals surface area contributed by atoms with Crippen molar-refractivity contribution in [3.8, 4) is 0 Å². The first-order valence-corrected chi connectivity index (χ1v) is 11.2. The molecule has 4 heterocycles. The largest absolute Gasteiger partial charge is 0.490 e. The Morgan fingerprint density at radius 2 is 1.76 bits per heavy atom. The number of pyridine rings is 1. The van der Waals surface area contributed by atoms with Crippen LogP contribution in [0.2, 0.25) is 0 Å². The molecule has 2 atom stereocenters. The van der Waals surface area contributed by atoms with Gasteiger partial charge in [-0.2, -0.15) is 26.3 Å². The van der Waals surface area contributed by atoms with E-state index in [1.807, 2.05) is 30.7 Å². The number of aliphatic carboxylic acids is 2. The Labute approximate surface area is 213 Å². The Balaban J connectivity index is 0.000000301. The summed E-state index contributed by atoms with van der Waals surface area (Å²) in [5, 5.41) is 14.2. The molecular weight excluding hydrogens is 530 g/mol. The Bertz CT molecular complexity index is 978. The Morgan fingerprint density at radius 3 is 2.29 bits per heavy atom. The van der Waals surface area contributed by atoms with Gasteiger partial charge in [-0.25, -0.2) is 9.59 Å². The predicted octanol–water partition coefficient (Wildman–Crippen LogP) is 4.28. The van der Waals surface area contributed by atoms with Crippen LogP contribution in [0, 0.1) is 0 Å². The van der Waals surface area contributed by atoms with Crippen LogP contribution in [-0.2, 0) is 32.2 Å². The fraction of sp³-hybridized carbons (Fsp3) is 0.522. The van der Waals surface area contributed by atoms with Crippen molar-refractivity contribution in [1.82, 2.24) is 9.88 Å². The predicted molar refractivity (Wildman–Crippen MR) is 117 cm³/mol. The summed E-state index contributed by atoms with van der Waals surface area (Å²) < 4.78 is 80.9. The van der Waals surface area contributed by atoms with Crippen LogP contribution in [0.15, 0.2) is 47.5 Å². The van der Waals surface area contributed by atoms with E-state index in [1.165, 1.54) is 12.0 Å². The molecule has 38 heavy (non-hydrogen) atoms. The van der Waals surface area contributed by atoms with Crippen LogP contribution in [0.1, 0.15) is 30.4 Å². The molecule has 2 N–H and O–H groups in total. The molecule has 2 aromatic rings. The first kappa shape index (κ1) is 31.1. The highest BCUT2D eigenvalue weighted by molar-refractivity contribution is 5.73. The topological polar surface area (TPSA) is 122 Å². The van der Waals surface area contributed by atoms with Gasteiger partial charge in [0.25, 0.3) is 0 Å². The molecule has 9 nitrogen and oxygen atoms in total. The second-order valence-electron chi connectivity index (χ2n) is 8.54. The number of nitrogens with zero attached hydrogens (tertiary/aromatic N) is 2. The average molecular weight is 556 g/mol. The number of hydrogen-bond acceptors (Lipinski definition) is 7. The second kappa shape index (κ2) is 13.6. The minimum absolute atomic E-state index is 0.0401. The van der Waals surface area contributed by atoms with Crippen molar-refractivity contribution in [1.29, 1.82) is 0 Å². The molecular formula is C23H26F6N2O7. The number of piperidine rings is 1. The summed E-state index contributed by atoms with van der Waals surface area (Å²) in [7, 11) is 0. The fourth-order valence-electron chi connectivity index (χ4n) is 3.86. The highest BCUT2D eigenvalue weighted by Crippen LogP contribution is 2.36. The van der Waals surface area contributed by atoms with Gasteiger partial charge < -0.3 is 24.1 Å². The number of furan rings is 1. The molecule has 2 saturated heterocycles. The quantitative estimate of drug-likeness (QED) is 0.520. The number of carboxylic acids is 2. The third kappa shape index (κ3) is 10.7. The van der Waals surface area contributed by atoms with Crippen LogP contribution in [0.3, 0.4) is 0 Å². The van der Waals surface area contributed by atoms with Crippen molar-refractivity contribution in [2.75, 3.05) is 19.7 Å². The van der Waals surface area contributed by atoms with Gasteiger partial charge in [-0.1, -0.05) is 6.07 Å². The average Bonchev–Trinajstić information content (AvgIpc) is 3.48. The standard InChI is InChI=1S/C19H24N2O3.2C2HF3O2/c1-3-16(10-20-6-1)13-23-18-9-19(24-14-18)5-2-7-21(15-19)11-17-4-8-22-12-17;2*3-2(4,5)1(6)7/h1,3-4,6,8,10,12,18H,2,5,7,9,11,13-15H2;2*(H,6,7)/t18-,19-;;/m0../s1. The molecule has 212 valence electrons. The van der Waals surface area contributed by atoms with Crippen molar-refractivity contribution >= 4 is 11.9 Å². The molecule has 2 aromatic heterocycles. The zero-order valence-corrected chi connectivity index (χ0v) is 19.9. The zero-order chi connectivity index (χ0) is 28.4. The normalized spacial score (nSPS) is 21.7. The molecule has 0 saturated carbocycles. The third-order valence-corrected chi connectivity index (χ3v) is 5.47. The summed E-state index contributed by atoms with van der Waals surface area (Å²) >= 11 is 0. The molecule has 2 aliphatic heterocycles. The van der Waals surface area contributed by atoms with E-state index in [-0.39, 0.29) is 11.7 Å². The van der Waals surface area contributed by atoms with E-state index in [2.05, 4.69) is 9.88 Å². The van der Waals surface area contributed by atoms with Gasteiger partial charge in [0.1, 0.15) is 0 Å². The number of alkyl halides is 6. The molecule has 0 radical (unpaired) electrons. The van der Waals surface area contributed by atoms with Gasteiger partial charge in [0.2, 0.25) is 0 Å². The number of carboxylic acid groups (broad SMARTS) is 2. The van der Waals surface area contributed by atoms with E-state index in [1.54, 1.807) is 12.5 Å². The summed E-state index contributed by atoms with van der Waals surface area (Å²) in [5.41, 5.74) is 2.31. The Hall–Kier alpha value is -3.17. The highest BCUT2D eigenvalue weighted by atomic mass is 19.4. The lowest BCUT2D eigenvalue weighted by Crippen LogP contribution is -2.47. The molecule has 2 aliphatic rings. The van der Waals surface area contributed by atoms with Gasteiger partial charge in [-0.3, -0.25) is 9.88 Å². The third-order valence-electron chi connectivity index (χ3n) is 5.47. The molecule has 4 rings (SSSR count). The van der Waals surface area contributed by atoms with Crippen molar-refractivity contribution < 1.29 is 60.0 Å². The zero-order valence-electron chi connectivity index (χ0n) is 19.9. The number of ether oxygens (including phenoxy) is 2. The van der Waals surface area contributed by atoms with Gasteiger partial charge >= 0.3 is 24.3 Å². The number of aromatic nitrogens is 1. The Kier molecular flexibility index (Phi) is 11.1. The summed E-state index contributed by atoms with van der Waals surface area (Å²) in [6, 6.07) is 6.03. The van der Waals surface area contributed by atoms with E-state index in [0.717, 1.165) is 38.0 Å². The molecule has 0 aromatic carbocycles. The number of likely N-dealkylation sites (tertiary alicyclic amines) is 1. The van der Waals surface area contributed by atoms with Gasteiger partial charge in [0.15, 0.2) is 0 Å². The monoisotopic (exact) mass is 556 g/mol. The van der Waals surface area contributed by atoms with Crippen LogP contribution in [0.5, 0.6) is 0 Å². The second-order valence-corrected chi connectivity index (χ2v) is 8.54. The lowest BCUT2D eigenvalue weighted by molar-refractivity contribution is -0.193. The number of carbonyl (C=O) groups is 2. The van der Waals surface area contributed by atoms with Crippen LogP contribution >= 0.6 is 0 Å².